The van der Waals surface area contributed by atoms with Gasteiger partial charge in [-0.1, -0.05) is 11.6 Å². The zero-order valence-corrected chi connectivity index (χ0v) is 11.4. The summed E-state index contributed by atoms with van der Waals surface area (Å²) in [5.74, 6) is 1.70. The van der Waals surface area contributed by atoms with Crippen molar-refractivity contribution in [1.82, 2.24) is 14.9 Å². The highest BCUT2D eigenvalue weighted by molar-refractivity contribution is 6.29. The maximum absolute atomic E-state index is 11.5. The normalized spacial score (nSPS) is 15.3. The van der Waals surface area contributed by atoms with Gasteiger partial charge in [0.25, 0.3) is 0 Å². The van der Waals surface area contributed by atoms with Crippen molar-refractivity contribution in [3.63, 3.8) is 0 Å². The first-order valence-corrected chi connectivity index (χ1v) is 6.44. The average molecular weight is 269 g/mol. The molecule has 2 rings (SSSR count). The molecule has 0 N–H and O–H groups in total. The van der Waals surface area contributed by atoms with Gasteiger partial charge in [0.05, 0.1) is 0 Å². The van der Waals surface area contributed by atoms with Gasteiger partial charge >= 0.3 is 0 Å². The number of rotatable bonds is 4. The van der Waals surface area contributed by atoms with Crippen LogP contribution in [0.4, 0.5) is 5.82 Å². The summed E-state index contributed by atoms with van der Waals surface area (Å²) in [6.07, 6.45) is 1.66. The molecule has 1 aliphatic rings. The molecule has 0 saturated carbocycles. The van der Waals surface area contributed by atoms with E-state index in [9.17, 15) is 4.79 Å². The van der Waals surface area contributed by atoms with Crippen LogP contribution in [0, 0.1) is 6.92 Å². The van der Waals surface area contributed by atoms with Crippen LogP contribution in [-0.2, 0) is 4.79 Å². The van der Waals surface area contributed by atoms with Gasteiger partial charge in [-0.3, -0.25) is 4.79 Å². The number of aromatic nitrogens is 2. The Morgan fingerprint density at radius 2 is 2.28 bits per heavy atom. The van der Waals surface area contributed by atoms with Crippen LogP contribution in [0.1, 0.15) is 18.7 Å². The van der Waals surface area contributed by atoms with E-state index in [4.69, 9.17) is 11.6 Å². The predicted octanol–water partition coefficient (Wildman–Crippen LogP) is 1.50. The minimum Gasteiger partial charge on any atom is -0.358 e. The molecule has 1 amide bonds. The third kappa shape index (κ3) is 3.10. The molecule has 1 aromatic rings. The van der Waals surface area contributed by atoms with E-state index in [-0.39, 0.29) is 5.91 Å². The Balaban J connectivity index is 1.94. The number of aryl methyl sites for hydroxylation is 1. The molecule has 2 heterocycles. The van der Waals surface area contributed by atoms with Crippen LogP contribution in [0.3, 0.4) is 0 Å². The zero-order valence-electron chi connectivity index (χ0n) is 10.7. The Morgan fingerprint density at radius 3 is 2.89 bits per heavy atom. The molecule has 6 heteroatoms. The van der Waals surface area contributed by atoms with Gasteiger partial charge in [-0.2, -0.15) is 0 Å². The van der Waals surface area contributed by atoms with E-state index in [1.807, 2.05) is 23.8 Å². The lowest BCUT2D eigenvalue weighted by atomic mass is 10.4. The molecule has 18 heavy (non-hydrogen) atoms. The number of likely N-dealkylation sites (tertiary alicyclic amines) is 1. The molecular formula is C12H17ClN4O. The van der Waals surface area contributed by atoms with Gasteiger partial charge in [0, 0.05) is 39.2 Å². The third-order valence-electron chi connectivity index (χ3n) is 3.06. The van der Waals surface area contributed by atoms with E-state index in [1.165, 1.54) is 0 Å². The Bertz CT molecular complexity index is 431. The molecule has 0 radical (unpaired) electrons. The first-order valence-electron chi connectivity index (χ1n) is 6.06. The fourth-order valence-corrected chi connectivity index (χ4v) is 2.26. The molecule has 98 valence electrons. The smallest absolute Gasteiger partial charge is 0.222 e. The molecule has 0 atom stereocenters. The Labute approximate surface area is 112 Å². The number of hydrogen-bond donors (Lipinski definition) is 0. The van der Waals surface area contributed by atoms with Crippen LogP contribution in [-0.4, -0.2) is 47.5 Å². The summed E-state index contributed by atoms with van der Waals surface area (Å²) in [6.45, 7) is 4.16. The van der Waals surface area contributed by atoms with Gasteiger partial charge in [0.2, 0.25) is 5.91 Å². The molecule has 1 aromatic heterocycles. The summed E-state index contributed by atoms with van der Waals surface area (Å²) in [6, 6.07) is 1.74. The molecule has 0 unspecified atom stereocenters. The maximum atomic E-state index is 11.5. The van der Waals surface area contributed by atoms with Crippen LogP contribution in [0.25, 0.3) is 0 Å². The Morgan fingerprint density at radius 1 is 1.50 bits per heavy atom. The van der Waals surface area contributed by atoms with E-state index < -0.39 is 0 Å². The lowest BCUT2D eigenvalue weighted by molar-refractivity contribution is -0.127. The van der Waals surface area contributed by atoms with Crippen molar-refractivity contribution < 1.29 is 4.79 Å². The van der Waals surface area contributed by atoms with Crippen molar-refractivity contribution in [2.75, 3.05) is 31.6 Å². The largest absolute Gasteiger partial charge is 0.358 e. The van der Waals surface area contributed by atoms with E-state index in [2.05, 4.69) is 9.97 Å². The van der Waals surface area contributed by atoms with Crippen LogP contribution >= 0.6 is 11.6 Å². The summed E-state index contributed by atoms with van der Waals surface area (Å²) in [7, 11) is 1.94. The van der Waals surface area contributed by atoms with Gasteiger partial charge < -0.3 is 9.80 Å². The second kappa shape index (κ2) is 5.52. The Hall–Kier alpha value is -1.36. The van der Waals surface area contributed by atoms with Crippen LogP contribution in [0.5, 0.6) is 0 Å². The molecule has 1 saturated heterocycles. The molecule has 0 aliphatic carbocycles. The first-order chi connectivity index (χ1) is 8.56. The Kier molecular flexibility index (Phi) is 4.01. The van der Waals surface area contributed by atoms with Gasteiger partial charge in [0.1, 0.15) is 16.8 Å². The molecule has 0 bridgehead atoms. The number of carbonyl (C=O) groups is 1. The minimum absolute atomic E-state index is 0.250. The summed E-state index contributed by atoms with van der Waals surface area (Å²) in [5.41, 5.74) is 0. The van der Waals surface area contributed by atoms with Crippen LogP contribution in [0.15, 0.2) is 6.07 Å². The number of amides is 1. The van der Waals surface area contributed by atoms with E-state index in [0.717, 1.165) is 31.9 Å². The topological polar surface area (TPSA) is 49.3 Å². The molecule has 1 aliphatic heterocycles. The summed E-state index contributed by atoms with van der Waals surface area (Å²) < 4.78 is 0. The van der Waals surface area contributed by atoms with Gasteiger partial charge in [-0.15, -0.1) is 0 Å². The molecule has 0 aromatic carbocycles. The van der Waals surface area contributed by atoms with Gasteiger partial charge in [0.15, 0.2) is 0 Å². The third-order valence-corrected chi connectivity index (χ3v) is 3.25. The zero-order chi connectivity index (χ0) is 13.1. The highest BCUT2D eigenvalue weighted by atomic mass is 35.5. The quantitative estimate of drug-likeness (QED) is 0.777. The number of likely N-dealkylation sites (N-methyl/N-ethyl adjacent to an activating group) is 1. The van der Waals surface area contributed by atoms with E-state index >= 15 is 0 Å². The van der Waals surface area contributed by atoms with Crippen molar-refractivity contribution in [3.05, 3.63) is 17.0 Å². The van der Waals surface area contributed by atoms with Crippen molar-refractivity contribution >= 4 is 23.3 Å². The number of nitrogens with zero attached hydrogens (tertiary/aromatic N) is 4. The summed E-state index contributed by atoms with van der Waals surface area (Å²) in [5, 5.41) is 0.446. The fraction of sp³-hybridized carbons (Fsp3) is 0.583. The van der Waals surface area contributed by atoms with Crippen LogP contribution < -0.4 is 4.90 Å². The molecule has 5 nitrogen and oxygen atoms in total. The maximum Gasteiger partial charge on any atom is 0.222 e. The molecule has 0 spiro atoms. The molecule has 1 fully saturated rings. The second-order valence-corrected chi connectivity index (χ2v) is 4.89. The SMILES string of the molecule is Cc1nc(Cl)cc(N(C)CCN2CCCC2=O)n1. The summed E-state index contributed by atoms with van der Waals surface area (Å²) >= 11 is 5.90. The lowest BCUT2D eigenvalue weighted by Gasteiger charge is -2.22. The first kappa shape index (κ1) is 13.1. The monoisotopic (exact) mass is 268 g/mol. The van der Waals surface area contributed by atoms with Gasteiger partial charge in [-0.05, 0) is 13.3 Å². The molecular weight excluding hydrogens is 252 g/mol. The minimum atomic E-state index is 0.250. The van der Waals surface area contributed by atoms with Crippen molar-refractivity contribution in [2.24, 2.45) is 0 Å². The summed E-state index contributed by atoms with van der Waals surface area (Å²) in [4.78, 5) is 23.7. The highest BCUT2D eigenvalue weighted by Crippen LogP contribution is 2.15. The predicted molar refractivity (Wildman–Crippen MR) is 70.9 cm³/mol. The van der Waals surface area contributed by atoms with Crippen molar-refractivity contribution in [1.29, 1.82) is 0 Å². The van der Waals surface area contributed by atoms with Crippen LogP contribution in [0.2, 0.25) is 5.15 Å². The van der Waals surface area contributed by atoms with Crippen molar-refractivity contribution in [2.45, 2.75) is 19.8 Å². The van der Waals surface area contributed by atoms with Gasteiger partial charge in [-0.25, -0.2) is 9.97 Å². The number of halogens is 1. The fourth-order valence-electron chi connectivity index (χ4n) is 2.04. The lowest BCUT2D eigenvalue weighted by Crippen LogP contribution is -2.34. The standard InChI is InChI=1S/C12H17ClN4O/c1-9-14-10(13)8-11(15-9)16(2)6-7-17-5-3-4-12(17)18/h8H,3-7H2,1-2H3. The number of carbonyl (C=O) groups excluding carboxylic acids is 1. The van der Waals surface area contributed by atoms with E-state index in [1.54, 1.807) is 6.07 Å². The van der Waals surface area contributed by atoms with E-state index in [0.29, 0.717) is 17.4 Å². The highest BCUT2D eigenvalue weighted by Gasteiger charge is 2.20. The number of hydrogen-bond acceptors (Lipinski definition) is 4. The number of anilines is 1. The average Bonchev–Trinajstić information content (AvgIpc) is 2.70. The van der Waals surface area contributed by atoms with Crippen molar-refractivity contribution in [3.8, 4) is 0 Å². The second-order valence-electron chi connectivity index (χ2n) is 4.50.